The Bertz CT molecular complexity index is 1210. The van der Waals surface area contributed by atoms with Gasteiger partial charge in [0.05, 0.1) is 6.61 Å². The molecule has 156 valence electrons. The second-order valence-electron chi connectivity index (χ2n) is 7.41. The molecule has 2 N–H and O–H groups in total. The molecular formula is C25H24N3O2S+. The number of aryl methyl sites for hydroxylation is 1. The van der Waals surface area contributed by atoms with Gasteiger partial charge in [-0.05, 0) is 74.3 Å². The van der Waals surface area contributed by atoms with Gasteiger partial charge in [0, 0.05) is 40.4 Å². The van der Waals surface area contributed by atoms with Gasteiger partial charge in [0.25, 0.3) is 11.1 Å². The van der Waals surface area contributed by atoms with Gasteiger partial charge in [0.2, 0.25) is 12.1 Å². The first-order valence-electron chi connectivity index (χ1n) is 10.4. The van der Waals surface area contributed by atoms with E-state index in [1.807, 2.05) is 31.2 Å². The van der Waals surface area contributed by atoms with E-state index in [9.17, 15) is 4.79 Å². The Kier molecular flexibility index (Phi) is 6.15. The lowest BCUT2D eigenvalue weighted by Crippen LogP contribution is -2.38. The number of terminal acetylenes is 1. The van der Waals surface area contributed by atoms with Gasteiger partial charge in [-0.2, -0.15) is 4.57 Å². The van der Waals surface area contributed by atoms with E-state index in [0.29, 0.717) is 24.4 Å². The maximum atomic E-state index is 12.8. The highest BCUT2D eigenvalue weighted by atomic mass is 32.1. The summed E-state index contributed by atoms with van der Waals surface area (Å²) in [6.07, 6.45) is 8.89. The van der Waals surface area contributed by atoms with Gasteiger partial charge in [-0.3, -0.25) is 4.79 Å². The van der Waals surface area contributed by atoms with Crippen molar-refractivity contribution < 1.29 is 14.1 Å². The molecule has 1 aliphatic carbocycles. The Morgan fingerprint density at radius 1 is 1.16 bits per heavy atom. The molecule has 31 heavy (non-hydrogen) atoms. The topological polar surface area (TPSA) is 54.2 Å². The molecule has 1 amide bonds. The number of fused-ring (bicyclic) bond motifs is 2. The number of amides is 1. The normalized spacial score (nSPS) is 12.1. The summed E-state index contributed by atoms with van der Waals surface area (Å²) in [5.41, 5.74) is 5.74. The fourth-order valence-corrected chi connectivity index (χ4v) is 4.28. The van der Waals surface area contributed by atoms with Crippen molar-refractivity contribution in [2.24, 2.45) is 0 Å². The molecule has 0 bridgehead atoms. The van der Waals surface area contributed by atoms with Crippen LogP contribution in [0, 0.1) is 12.3 Å². The number of rotatable bonds is 5. The second-order valence-corrected chi connectivity index (χ2v) is 7.78. The lowest BCUT2D eigenvalue weighted by Gasteiger charge is -2.11. The summed E-state index contributed by atoms with van der Waals surface area (Å²) in [5, 5.41) is 7.33. The predicted molar refractivity (Wildman–Crippen MR) is 127 cm³/mol. The number of ether oxygens (including phenoxy) is 1. The number of aromatic nitrogens is 1. The number of benzene rings is 2. The third-order valence-electron chi connectivity index (χ3n) is 5.36. The van der Waals surface area contributed by atoms with Crippen LogP contribution in [0.3, 0.4) is 0 Å². The monoisotopic (exact) mass is 430 g/mol. The molecule has 2 aromatic carbocycles. The fraction of sp³-hybridized carbons (Fsp3) is 0.240. The van der Waals surface area contributed by atoms with Crippen LogP contribution in [0.2, 0.25) is 0 Å². The quantitative estimate of drug-likeness (QED) is 0.361. The Morgan fingerprint density at radius 3 is 2.81 bits per heavy atom. The Balaban J connectivity index is 1.58. The molecule has 0 saturated carbocycles. The molecule has 1 aromatic heterocycles. The van der Waals surface area contributed by atoms with Crippen LogP contribution in [-0.2, 0) is 24.1 Å². The van der Waals surface area contributed by atoms with Crippen molar-refractivity contribution in [1.82, 2.24) is 0 Å². The maximum absolute atomic E-state index is 12.8. The SMILES string of the molecule is C#CC[n+]1c2c(cc3cc(NC(=O)c4cccc(NC(=S)OCC)c4)ccc31)CCC2. The fourth-order valence-electron chi connectivity index (χ4n) is 4.04. The van der Waals surface area contributed by atoms with E-state index in [-0.39, 0.29) is 11.1 Å². The summed E-state index contributed by atoms with van der Waals surface area (Å²) >= 11 is 5.11. The molecule has 1 heterocycles. The number of hydrogen-bond acceptors (Lipinski definition) is 3. The number of thiocarbonyl (C=S) groups is 1. The van der Waals surface area contributed by atoms with Crippen LogP contribution in [0.4, 0.5) is 11.4 Å². The smallest absolute Gasteiger partial charge is 0.261 e. The zero-order valence-electron chi connectivity index (χ0n) is 17.4. The first-order chi connectivity index (χ1) is 15.1. The van der Waals surface area contributed by atoms with Crippen LogP contribution in [-0.4, -0.2) is 17.7 Å². The van der Waals surface area contributed by atoms with E-state index in [1.165, 1.54) is 11.3 Å². The first-order valence-corrected chi connectivity index (χ1v) is 10.8. The first kappa shape index (κ1) is 20.8. The average molecular weight is 431 g/mol. The Morgan fingerprint density at radius 2 is 2.00 bits per heavy atom. The highest BCUT2D eigenvalue weighted by Crippen LogP contribution is 2.25. The van der Waals surface area contributed by atoms with E-state index in [2.05, 4.69) is 27.2 Å². The Hall–Kier alpha value is -3.43. The minimum atomic E-state index is -0.192. The van der Waals surface area contributed by atoms with Crippen molar-refractivity contribution in [3.8, 4) is 12.3 Å². The van der Waals surface area contributed by atoms with Gasteiger partial charge in [-0.15, -0.1) is 6.42 Å². The van der Waals surface area contributed by atoms with Crippen molar-refractivity contribution in [1.29, 1.82) is 0 Å². The number of anilines is 2. The van der Waals surface area contributed by atoms with E-state index in [1.54, 1.807) is 18.2 Å². The molecule has 0 spiro atoms. The summed E-state index contributed by atoms with van der Waals surface area (Å²) < 4.78 is 7.47. The molecule has 5 nitrogen and oxygen atoms in total. The lowest BCUT2D eigenvalue weighted by atomic mass is 10.1. The van der Waals surface area contributed by atoms with Gasteiger partial charge in [-0.25, -0.2) is 0 Å². The van der Waals surface area contributed by atoms with E-state index in [0.717, 1.165) is 35.9 Å². The number of pyridine rings is 1. The molecule has 1 aliphatic rings. The van der Waals surface area contributed by atoms with Crippen molar-refractivity contribution in [2.45, 2.75) is 32.7 Å². The summed E-state index contributed by atoms with van der Waals surface area (Å²) in [6.45, 7) is 2.90. The molecule has 4 rings (SSSR count). The highest BCUT2D eigenvalue weighted by Gasteiger charge is 2.24. The van der Waals surface area contributed by atoms with Gasteiger partial charge in [-0.1, -0.05) is 6.07 Å². The van der Waals surface area contributed by atoms with Gasteiger partial charge >= 0.3 is 0 Å². The van der Waals surface area contributed by atoms with Crippen molar-refractivity contribution in [3.63, 3.8) is 0 Å². The molecule has 0 aliphatic heterocycles. The van der Waals surface area contributed by atoms with Crippen LogP contribution in [0.5, 0.6) is 0 Å². The Labute approximate surface area is 187 Å². The summed E-state index contributed by atoms with van der Waals surface area (Å²) in [6, 6.07) is 15.3. The molecule has 3 aromatic rings. The number of carbonyl (C=O) groups excluding carboxylic acids is 1. The van der Waals surface area contributed by atoms with E-state index >= 15 is 0 Å². The highest BCUT2D eigenvalue weighted by molar-refractivity contribution is 7.80. The van der Waals surface area contributed by atoms with Crippen molar-refractivity contribution in [2.75, 3.05) is 17.2 Å². The summed E-state index contributed by atoms with van der Waals surface area (Å²) in [4.78, 5) is 12.8. The average Bonchev–Trinajstić information content (AvgIpc) is 3.22. The third-order valence-corrected chi connectivity index (χ3v) is 5.58. The van der Waals surface area contributed by atoms with Crippen LogP contribution >= 0.6 is 12.2 Å². The third kappa shape index (κ3) is 4.52. The van der Waals surface area contributed by atoms with Crippen LogP contribution < -0.4 is 15.2 Å². The number of nitrogens with one attached hydrogen (secondary N) is 2. The van der Waals surface area contributed by atoms with Crippen LogP contribution in [0.15, 0.2) is 48.5 Å². The number of carbonyl (C=O) groups is 1. The van der Waals surface area contributed by atoms with Crippen molar-refractivity contribution >= 4 is 45.6 Å². The molecule has 0 fully saturated rings. The van der Waals surface area contributed by atoms with Gasteiger partial charge in [0.15, 0.2) is 5.69 Å². The molecule has 0 unspecified atom stereocenters. The largest absolute Gasteiger partial charge is 0.471 e. The molecule has 0 atom stereocenters. The minimum absolute atomic E-state index is 0.192. The van der Waals surface area contributed by atoms with E-state index < -0.39 is 0 Å². The van der Waals surface area contributed by atoms with Crippen LogP contribution in [0.25, 0.3) is 10.9 Å². The molecular weight excluding hydrogens is 406 g/mol. The lowest BCUT2D eigenvalue weighted by molar-refractivity contribution is -0.666. The van der Waals surface area contributed by atoms with Crippen LogP contribution in [0.1, 0.15) is 35.0 Å². The summed E-state index contributed by atoms with van der Waals surface area (Å²) in [5.74, 6) is 2.58. The van der Waals surface area contributed by atoms with Crippen molar-refractivity contribution in [3.05, 3.63) is 65.4 Å². The second kappa shape index (κ2) is 9.15. The number of nitrogens with zero attached hydrogens (tertiary/aromatic N) is 1. The number of hydrogen-bond donors (Lipinski definition) is 2. The minimum Gasteiger partial charge on any atom is -0.471 e. The zero-order valence-corrected chi connectivity index (χ0v) is 18.2. The van der Waals surface area contributed by atoms with Gasteiger partial charge < -0.3 is 15.4 Å². The zero-order chi connectivity index (χ0) is 21.8. The maximum Gasteiger partial charge on any atom is 0.261 e. The predicted octanol–water partition coefficient (Wildman–Crippen LogP) is 4.23. The van der Waals surface area contributed by atoms with Gasteiger partial charge in [0.1, 0.15) is 0 Å². The molecule has 0 radical (unpaired) electrons. The molecule has 0 saturated heterocycles. The summed E-state index contributed by atoms with van der Waals surface area (Å²) in [7, 11) is 0. The molecule has 6 heteroatoms. The standard InChI is InChI=1S/C25H23N3O2S/c1-3-13-28-22-10-6-7-17(22)14-19-16-21(11-12-23(19)28)26-24(29)18-8-5-9-20(15-18)27-25(31)30-4-2/h1,5,8-9,11-12,14-16H,4,6-7,10,13H2,2H3,(H-,26,27,29,31)/p+1. The van der Waals surface area contributed by atoms with E-state index in [4.69, 9.17) is 23.4 Å².